The van der Waals surface area contributed by atoms with Gasteiger partial charge in [-0.15, -0.1) is 0 Å². The van der Waals surface area contributed by atoms with E-state index in [9.17, 15) is 21.6 Å². The minimum absolute atomic E-state index is 0.135. The van der Waals surface area contributed by atoms with E-state index in [4.69, 9.17) is 0 Å². The second-order valence-corrected chi connectivity index (χ2v) is 7.22. The Morgan fingerprint density at radius 1 is 1.24 bits per heavy atom. The molecule has 0 radical (unpaired) electrons. The molecule has 0 unspecified atom stereocenters. The molecule has 1 aromatic carbocycles. The average molecular weight is 322 g/mol. The van der Waals surface area contributed by atoms with Crippen molar-refractivity contribution in [3.05, 3.63) is 29.8 Å². The van der Waals surface area contributed by atoms with E-state index < -0.39 is 22.7 Å². The number of halogens is 3. The van der Waals surface area contributed by atoms with E-state index >= 15 is 0 Å². The second kappa shape index (κ2) is 5.94. The molecule has 0 atom stereocenters. The first-order valence-electron chi connectivity index (χ1n) is 6.54. The maximum atomic E-state index is 12.3. The summed E-state index contributed by atoms with van der Waals surface area (Å²) < 4.78 is 61.2. The van der Waals surface area contributed by atoms with Crippen molar-refractivity contribution in [3.63, 3.8) is 0 Å². The number of hydrogen-bond acceptors (Lipinski definition) is 3. The van der Waals surface area contributed by atoms with Gasteiger partial charge in [0, 0.05) is 19.6 Å². The monoisotopic (exact) mass is 322 g/mol. The Bertz CT molecular complexity index is 580. The maximum Gasteiger partial charge on any atom is 0.402 e. The summed E-state index contributed by atoms with van der Waals surface area (Å²) in [4.78, 5) is -0.135. The molecule has 0 heterocycles. The van der Waals surface area contributed by atoms with Crippen LogP contribution in [-0.4, -0.2) is 38.5 Å². The van der Waals surface area contributed by atoms with Crippen molar-refractivity contribution in [2.45, 2.75) is 36.5 Å². The molecule has 2 rings (SSSR count). The first kappa shape index (κ1) is 16.3. The van der Waals surface area contributed by atoms with Gasteiger partial charge in [-0.2, -0.15) is 17.5 Å². The van der Waals surface area contributed by atoms with Crippen molar-refractivity contribution >= 4 is 10.0 Å². The molecule has 1 saturated carbocycles. The first-order valence-corrected chi connectivity index (χ1v) is 7.98. The fourth-order valence-corrected chi connectivity index (χ4v) is 3.00. The average Bonchev–Trinajstić information content (AvgIpc) is 3.19. The standard InChI is InChI=1S/C13H17F3N2O2S/c1-18(9-13(14,15)16)21(19,20)12-6-2-10(3-7-12)8-17-11-4-5-11/h2-3,6-7,11,17H,4-5,8-9H2,1H3. The van der Waals surface area contributed by atoms with Gasteiger partial charge in [0.25, 0.3) is 0 Å². The highest BCUT2D eigenvalue weighted by atomic mass is 32.2. The van der Waals surface area contributed by atoms with E-state index in [0.29, 0.717) is 16.9 Å². The Kier molecular flexibility index (Phi) is 4.60. The van der Waals surface area contributed by atoms with Gasteiger partial charge in [0.2, 0.25) is 10.0 Å². The zero-order valence-corrected chi connectivity index (χ0v) is 12.3. The fraction of sp³-hybridized carbons (Fsp3) is 0.538. The van der Waals surface area contributed by atoms with Crippen molar-refractivity contribution in [2.24, 2.45) is 0 Å². The highest BCUT2D eigenvalue weighted by Gasteiger charge is 2.34. The molecular formula is C13H17F3N2O2S. The van der Waals surface area contributed by atoms with Crippen molar-refractivity contribution in [1.29, 1.82) is 0 Å². The molecule has 0 amide bonds. The van der Waals surface area contributed by atoms with Gasteiger partial charge >= 0.3 is 6.18 Å². The van der Waals surface area contributed by atoms with Gasteiger partial charge in [0.1, 0.15) is 6.54 Å². The molecule has 0 aromatic heterocycles. The summed E-state index contributed by atoms with van der Waals surface area (Å²) in [7, 11) is -3.19. The fourth-order valence-electron chi connectivity index (χ4n) is 1.85. The molecule has 0 bridgehead atoms. The predicted molar refractivity (Wildman–Crippen MR) is 72.2 cm³/mol. The smallest absolute Gasteiger partial charge is 0.310 e. The van der Waals surface area contributed by atoms with Crippen LogP contribution in [0.5, 0.6) is 0 Å². The van der Waals surface area contributed by atoms with Gasteiger partial charge < -0.3 is 5.32 Å². The molecule has 1 aliphatic rings. The summed E-state index contributed by atoms with van der Waals surface area (Å²) in [5.74, 6) is 0. The van der Waals surface area contributed by atoms with Crippen molar-refractivity contribution < 1.29 is 21.6 Å². The summed E-state index contributed by atoms with van der Waals surface area (Å²) in [6.07, 6.45) is -2.26. The molecule has 21 heavy (non-hydrogen) atoms. The van der Waals surface area contributed by atoms with Crippen LogP contribution in [-0.2, 0) is 16.6 Å². The van der Waals surface area contributed by atoms with E-state index in [-0.39, 0.29) is 4.90 Å². The maximum absolute atomic E-state index is 12.3. The molecule has 8 heteroatoms. The third-order valence-electron chi connectivity index (χ3n) is 3.21. The van der Waals surface area contributed by atoms with Crippen molar-refractivity contribution in [2.75, 3.05) is 13.6 Å². The molecule has 1 aromatic rings. The molecule has 1 aliphatic carbocycles. The quantitative estimate of drug-likeness (QED) is 0.873. The number of benzene rings is 1. The topological polar surface area (TPSA) is 49.4 Å². The molecule has 4 nitrogen and oxygen atoms in total. The van der Waals surface area contributed by atoms with E-state index in [0.717, 1.165) is 25.5 Å². The van der Waals surface area contributed by atoms with Crippen LogP contribution >= 0.6 is 0 Å². The molecule has 1 fully saturated rings. The summed E-state index contributed by atoms with van der Waals surface area (Å²) in [5, 5.41) is 3.28. The van der Waals surface area contributed by atoms with Crippen LogP contribution in [0, 0.1) is 0 Å². The van der Waals surface area contributed by atoms with Crippen LogP contribution in [0.2, 0.25) is 0 Å². The molecule has 0 spiro atoms. The number of sulfonamides is 1. The van der Waals surface area contributed by atoms with Crippen LogP contribution in [0.25, 0.3) is 0 Å². The number of alkyl halides is 3. The Morgan fingerprint density at radius 3 is 2.29 bits per heavy atom. The lowest BCUT2D eigenvalue weighted by molar-refractivity contribution is -0.134. The third kappa shape index (κ3) is 4.69. The molecule has 0 aliphatic heterocycles. The Morgan fingerprint density at radius 2 is 1.81 bits per heavy atom. The Hall–Kier alpha value is -1.12. The lowest BCUT2D eigenvalue weighted by Gasteiger charge is -2.18. The van der Waals surface area contributed by atoms with Gasteiger partial charge in [0.05, 0.1) is 4.90 Å². The summed E-state index contributed by atoms with van der Waals surface area (Å²) in [6.45, 7) is -0.871. The predicted octanol–water partition coefficient (Wildman–Crippen LogP) is 2.12. The van der Waals surface area contributed by atoms with Crippen LogP contribution in [0.1, 0.15) is 18.4 Å². The van der Waals surface area contributed by atoms with E-state index in [2.05, 4.69) is 5.32 Å². The zero-order chi connectivity index (χ0) is 15.7. The van der Waals surface area contributed by atoms with Crippen LogP contribution in [0.15, 0.2) is 29.2 Å². The van der Waals surface area contributed by atoms with Crippen molar-refractivity contribution in [3.8, 4) is 0 Å². The highest BCUT2D eigenvalue weighted by Crippen LogP contribution is 2.22. The molecular weight excluding hydrogens is 305 g/mol. The lowest BCUT2D eigenvalue weighted by atomic mass is 10.2. The minimum Gasteiger partial charge on any atom is -0.310 e. The molecule has 1 N–H and O–H groups in total. The van der Waals surface area contributed by atoms with Gasteiger partial charge in [-0.25, -0.2) is 8.42 Å². The Balaban J connectivity index is 2.04. The van der Waals surface area contributed by atoms with Crippen LogP contribution in [0.3, 0.4) is 0 Å². The lowest BCUT2D eigenvalue weighted by Crippen LogP contribution is -2.35. The number of rotatable bonds is 6. The van der Waals surface area contributed by atoms with E-state index in [1.165, 1.54) is 12.1 Å². The minimum atomic E-state index is -4.56. The van der Waals surface area contributed by atoms with E-state index in [1.807, 2.05) is 0 Å². The highest BCUT2D eigenvalue weighted by molar-refractivity contribution is 7.89. The van der Waals surface area contributed by atoms with Gasteiger partial charge in [-0.05, 0) is 30.5 Å². The zero-order valence-electron chi connectivity index (χ0n) is 11.5. The molecule has 0 saturated heterocycles. The first-order chi connectivity index (χ1) is 9.68. The van der Waals surface area contributed by atoms with Gasteiger partial charge in [0.15, 0.2) is 0 Å². The van der Waals surface area contributed by atoms with Crippen LogP contribution < -0.4 is 5.32 Å². The van der Waals surface area contributed by atoms with Gasteiger partial charge in [-0.3, -0.25) is 0 Å². The number of hydrogen-bond donors (Lipinski definition) is 1. The third-order valence-corrected chi connectivity index (χ3v) is 5.02. The normalized spacial score (nSPS) is 16.4. The Labute approximate surface area is 122 Å². The summed E-state index contributed by atoms with van der Waals surface area (Å²) in [6, 6.07) is 6.44. The SMILES string of the molecule is CN(CC(F)(F)F)S(=O)(=O)c1ccc(CNC2CC2)cc1. The van der Waals surface area contributed by atoms with Gasteiger partial charge in [-0.1, -0.05) is 12.1 Å². The second-order valence-electron chi connectivity index (χ2n) is 5.18. The molecule has 118 valence electrons. The largest absolute Gasteiger partial charge is 0.402 e. The number of nitrogens with zero attached hydrogens (tertiary/aromatic N) is 1. The summed E-state index contributed by atoms with van der Waals surface area (Å²) in [5.41, 5.74) is 0.902. The van der Waals surface area contributed by atoms with Crippen molar-refractivity contribution in [1.82, 2.24) is 9.62 Å². The summed E-state index contributed by atoms with van der Waals surface area (Å²) >= 11 is 0. The van der Waals surface area contributed by atoms with Crippen LogP contribution in [0.4, 0.5) is 13.2 Å². The number of nitrogens with one attached hydrogen (secondary N) is 1. The van der Waals surface area contributed by atoms with E-state index in [1.54, 1.807) is 12.1 Å².